The molecule has 1 aromatic rings. The molecule has 1 amide bonds. The van der Waals surface area contributed by atoms with E-state index in [9.17, 15) is 18.0 Å². The smallest absolute Gasteiger partial charge is 0.308 e. The molecular weight excluding hydrogens is 308 g/mol. The van der Waals surface area contributed by atoms with Crippen LogP contribution in [0.4, 0.5) is 0 Å². The maximum absolute atomic E-state index is 12.4. The van der Waals surface area contributed by atoms with Crippen molar-refractivity contribution in [3.05, 3.63) is 29.8 Å². The normalized spacial score (nSPS) is 19.0. The number of benzene rings is 1. The summed E-state index contributed by atoms with van der Waals surface area (Å²) >= 11 is 0. The Morgan fingerprint density at radius 3 is 2.45 bits per heavy atom. The maximum atomic E-state index is 12.4. The first-order chi connectivity index (χ1) is 10.3. The van der Waals surface area contributed by atoms with Gasteiger partial charge in [0.2, 0.25) is 10.0 Å². The molecule has 1 heterocycles. The number of hydrogen-bond donors (Lipinski definition) is 2. The molecule has 1 aliphatic heterocycles. The molecule has 0 aromatic heterocycles. The number of carboxylic acids is 1. The first-order valence-electron chi connectivity index (χ1n) is 6.91. The van der Waals surface area contributed by atoms with E-state index in [1.54, 1.807) is 0 Å². The molecule has 2 rings (SSSR count). The topological polar surface area (TPSA) is 104 Å². The molecule has 7 nitrogen and oxygen atoms in total. The van der Waals surface area contributed by atoms with E-state index in [2.05, 4.69) is 4.72 Å². The predicted octanol–water partition coefficient (Wildman–Crippen LogP) is 0.531. The predicted molar refractivity (Wildman–Crippen MR) is 79.0 cm³/mol. The van der Waals surface area contributed by atoms with Crippen LogP contribution in [-0.4, -0.2) is 50.4 Å². The fourth-order valence-corrected chi connectivity index (χ4v) is 3.17. The molecule has 0 radical (unpaired) electrons. The van der Waals surface area contributed by atoms with Crippen molar-refractivity contribution in [3.8, 4) is 0 Å². The molecule has 22 heavy (non-hydrogen) atoms. The van der Waals surface area contributed by atoms with E-state index in [1.807, 2.05) is 0 Å². The molecule has 1 fully saturated rings. The molecule has 1 unspecified atom stereocenters. The Morgan fingerprint density at radius 2 is 1.91 bits per heavy atom. The number of likely N-dealkylation sites (tertiary alicyclic amines) is 1. The zero-order valence-electron chi connectivity index (χ0n) is 12.2. The summed E-state index contributed by atoms with van der Waals surface area (Å²) in [5.74, 6) is -1.71. The summed E-state index contributed by atoms with van der Waals surface area (Å²) in [4.78, 5) is 25.0. The third-order valence-corrected chi connectivity index (χ3v) is 5.17. The summed E-state index contributed by atoms with van der Waals surface area (Å²) in [6, 6.07) is 5.60. The van der Waals surface area contributed by atoms with Crippen molar-refractivity contribution in [2.24, 2.45) is 5.92 Å². The largest absolute Gasteiger partial charge is 0.481 e. The number of hydrogen-bond acceptors (Lipinski definition) is 4. The Kier molecular flexibility index (Phi) is 4.82. The lowest BCUT2D eigenvalue weighted by molar-refractivity contribution is -0.143. The van der Waals surface area contributed by atoms with Crippen molar-refractivity contribution in [2.75, 3.05) is 20.1 Å². The van der Waals surface area contributed by atoms with Crippen LogP contribution in [0.25, 0.3) is 0 Å². The Balaban J connectivity index is 2.14. The number of rotatable bonds is 4. The van der Waals surface area contributed by atoms with Crippen molar-refractivity contribution in [2.45, 2.75) is 17.7 Å². The van der Waals surface area contributed by atoms with Crippen molar-refractivity contribution in [1.82, 2.24) is 9.62 Å². The van der Waals surface area contributed by atoms with Gasteiger partial charge in [-0.25, -0.2) is 13.1 Å². The number of carbonyl (C=O) groups is 2. The van der Waals surface area contributed by atoms with Crippen LogP contribution in [0.1, 0.15) is 23.2 Å². The SMILES string of the molecule is CNS(=O)(=O)c1ccc(C(=O)N2CCCC(C(=O)O)C2)cc1. The quantitative estimate of drug-likeness (QED) is 0.840. The van der Waals surface area contributed by atoms with Crippen LogP contribution in [0.5, 0.6) is 0 Å². The molecule has 1 atom stereocenters. The van der Waals surface area contributed by atoms with Crippen LogP contribution in [0.3, 0.4) is 0 Å². The van der Waals surface area contributed by atoms with Gasteiger partial charge >= 0.3 is 5.97 Å². The second-order valence-electron chi connectivity index (χ2n) is 5.16. The molecule has 0 bridgehead atoms. The van der Waals surface area contributed by atoms with Gasteiger partial charge in [0.05, 0.1) is 10.8 Å². The van der Waals surface area contributed by atoms with Crippen LogP contribution in [0.2, 0.25) is 0 Å². The number of sulfonamides is 1. The third kappa shape index (κ3) is 3.45. The van der Waals surface area contributed by atoms with Crippen molar-refractivity contribution >= 4 is 21.9 Å². The summed E-state index contributed by atoms with van der Waals surface area (Å²) in [7, 11) is -2.22. The van der Waals surface area contributed by atoms with Gasteiger partial charge in [0, 0.05) is 18.7 Å². The van der Waals surface area contributed by atoms with Crippen LogP contribution in [0, 0.1) is 5.92 Å². The Bertz CT molecular complexity index is 669. The van der Waals surface area contributed by atoms with Gasteiger partial charge in [0.1, 0.15) is 0 Å². The van der Waals surface area contributed by atoms with E-state index in [1.165, 1.54) is 36.2 Å². The highest BCUT2D eigenvalue weighted by atomic mass is 32.2. The van der Waals surface area contributed by atoms with E-state index >= 15 is 0 Å². The number of amides is 1. The zero-order chi connectivity index (χ0) is 16.3. The number of piperidine rings is 1. The number of nitrogens with zero attached hydrogens (tertiary/aromatic N) is 1. The summed E-state index contributed by atoms with van der Waals surface area (Å²) < 4.78 is 25.5. The van der Waals surface area contributed by atoms with Gasteiger partial charge in [0.25, 0.3) is 5.91 Å². The average Bonchev–Trinajstić information content (AvgIpc) is 2.54. The molecule has 1 saturated heterocycles. The van der Waals surface area contributed by atoms with Crippen molar-refractivity contribution in [1.29, 1.82) is 0 Å². The molecule has 1 aromatic carbocycles. The van der Waals surface area contributed by atoms with Gasteiger partial charge in [-0.15, -0.1) is 0 Å². The Hall–Kier alpha value is -1.93. The number of carbonyl (C=O) groups excluding carboxylic acids is 1. The van der Waals surface area contributed by atoms with Crippen LogP contribution in [0.15, 0.2) is 29.2 Å². The molecule has 8 heteroatoms. The molecule has 0 spiro atoms. The van der Waals surface area contributed by atoms with Crippen molar-refractivity contribution < 1.29 is 23.1 Å². The minimum absolute atomic E-state index is 0.0774. The summed E-state index contributed by atoms with van der Waals surface area (Å²) in [5.41, 5.74) is 0.348. The second-order valence-corrected chi connectivity index (χ2v) is 7.05. The van der Waals surface area contributed by atoms with E-state index in [0.717, 1.165) is 0 Å². The summed E-state index contributed by atoms with van der Waals surface area (Å²) in [5, 5.41) is 9.05. The lowest BCUT2D eigenvalue weighted by Gasteiger charge is -2.30. The van der Waals surface area contributed by atoms with Crippen LogP contribution in [-0.2, 0) is 14.8 Å². The summed E-state index contributed by atoms with van der Waals surface area (Å²) in [6.07, 6.45) is 1.22. The highest BCUT2D eigenvalue weighted by molar-refractivity contribution is 7.89. The standard InChI is InChI=1S/C14H18N2O5S/c1-15-22(20,21)12-6-4-10(5-7-12)13(17)16-8-2-3-11(9-16)14(18)19/h4-7,11,15H,2-3,8-9H2,1H3,(H,18,19). The minimum Gasteiger partial charge on any atom is -0.481 e. The van der Waals surface area contributed by atoms with E-state index in [0.29, 0.717) is 24.9 Å². The molecule has 1 aliphatic rings. The highest BCUT2D eigenvalue weighted by Crippen LogP contribution is 2.19. The first kappa shape index (κ1) is 16.4. The molecule has 2 N–H and O–H groups in total. The fourth-order valence-electron chi connectivity index (χ4n) is 2.44. The first-order valence-corrected chi connectivity index (χ1v) is 8.39. The van der Waals surface area contributed by atoms with Gasteiger partial charge in [-0.1, -0.05) is 0 Å². The summed E-state index contributed by atoms with van der Waals surface area (Å²) in [6.45, 7) is 0.698. The molecule has 0 saturated carbocycles. The van der Waals surface area contributed by atoms with Crippen LogP contribution >= 0.6 is 0 Å². The lowest BCUT2D eigenvalue weighted by Crippen LogP contribution is -2.42. The minimum atomic E-state index is -3.54. The van der Waals surface area contributed by atoms with E-state index < -0.39 is 21.9 Å². The second kappa shape index (κ2) is 6.45. The van der Waals surface area contributed by atoms with E-state index in [4.69, 9.17) is 5.11 Å². The van der Waals surface area contributed by atoms with Gasteiger partial charge < -0.3 is 10.0 Å². The fraction of sp³-hybridized carbons (Fsp3) is 0.429. The Morgan fingerprint density at radius 1 is 1.27 bits per heavy atom. The van der Waals surface area contributed by atoms with Gasteiger partial charge in [-0.2, -0.15) is 0 Å². The monoisotopic (exact) mass is 326 g/mol. The van der Waals surface area contributed by atoms with Gasteiger partial charge in [-0.3, -0.25) is 9.59 Å². The van der Waals surface area contributed by atoms with Gasteiger partial charge in [0.15, 0.2) is 0 Å². The van der Waals surface area contributed by atoms with Gasteiger partial charge in [-0.05, 0) is 44.2 Å². The van der Waals surface area contributed by atoms with Crippen molar-refractivity contribution in [3.63, 3.8) is 0 Å². The highest BCUT2D eigenvalue weighted by Gasteiger charge is 2.28. The van der Waals surface area contributed by atoms with E-state index in [-0.39, 0.29) is 17.3 Å². The molecule has 0 aliphatic carbocycles. The zero-order valence-corrected chi connectivity index (χ0v) is 13.0. The number of aliphatic carboxylic acids is 1. The average molecular weight is 326 g/mol. The molecular formula is C14H18N2O5S. The maximum Gasteiger partial charge on any atom is 0.308 e. The lowest BCUT2D eigenvalue weighted by atomic mass is 9.97. The van der Waals surface area contributed by atoms with Crippen LogP contribution < -0.4 is 4.72 Å². The third-order valence-electron chi connectivity index (χ3n) is 3.74. The number of nitrogens with one attached hydrogen (secondary N) is 1. The Labute approximate surface area is 129 Å². The molecule has 120 valence electrons. The number of carboxylic acid groups (broad SMARTS) is 1.